The molecule has 1 fully saturated rings. The summed E-state index contributed by atoms with van der Waals surface area (Å²) in [4.78, 5) is 13.8. The van der Waals surface area contributed by atoms with Gasteiger partial charge in [0, 0.05) is 10.9 Å². The molecule has 9 heteroatoms. The second-order valence-electron chi connectivity index (χ2n) is 7.15. The Balaban J connectivity index is 1.58. The van der Waals surface area contributed by atoms with Crippen molar-refractivity contribution >= 4 is 57.0 Å². The molecule has 0 aliphatic heterocycles. The number of thiophene rings is 1. The van der Waals surface area contributed by atoms with Crippen LogP contribution in [0.2, 0.25) is 0 Å². The average molecular weight is 441 g/mol. The zero-order chi connectivity index (χ0) is 19.9. The Labute approximate surface area is 181 Å². The van der Waals surface area contributed by atoms with Gasteiger partial charge in [0.05, 0.1) is 12.2 Å². The molecule has 1 aromatic rings. The molecule has 0 amide bonds. The van der Waals surface area contributed by atoms with Gasteiger partial charge in [0.2, 0.25) is 0 Å². The normalized spacial score (nSPS) is 16.6. The van der Waals surface area contributed by atoms with E-state index >= 15 is 0 Å². The van der Waals surface area contributed by atoms with Crippen molar-refractivity contribution in [2.24, 2.45) is 0 Å². The Morgan fingerprint density at radius 2 is 1.79 bits per heavy atom. The fraction of sp³-hybridized carbons (Fsp3) is 0.632. The molecule has 0 aromatic carbocycles. The van der Waals surface area contributed by atoms with E-state index in [2.05, 4.69) is 21.5 Å². The number of hydrogen-bond donors (Lipinski definition) is 4. The van der Waals surface area contributed by atoms with E-state index in [0.717, 1.165) is 49.1 Å². The molecule has 1 saturated carbocycles. The van der Waals surface area contributed by atoms with Crippen LogP contribution in [0.15, 0.2) is 0 Å². The molecular weight excluding hydrogens is 412 g/mol. The number of carbonyl (C=O) groups is 1. The molecule has 4 N–H and O–H groups in total. The highest BCUT2D eigenvalue weighted by atomic mass is 32.1. The lowest BCUT2D eigenvalue weighted by Crippen LogP contribution is -2.51. The summed E-state index contributed by atoms with van der Waals surface area (Å²) in [7, 11) is 0. The Bertz CT molecular complexity index is 729. The number of nitrogens with one attached hydrogen (secondary N) is 4. The largest absolute Gasteiger partial charge is 0.462 e. The van der Waals surface area contributed by atoms with Crippen molar-refractivity contribution in [3.8, 4) is 0 Å². The number of esters is 1. The lowest BCUT2D eigenvalue weighted by atomic mass is 9.95. The molecule has 0 bridgehead atoms. The van der Waals surface area contributed by atoms with E-state index in [9.17, 15) is 4.79 Å². The molecular formula is C19H28N4O2S3. The first kappa shape index (κ1) is 21.3. The fourth-order valence-corrected chi connectivity index (χ4v) is 5.51. The van der Waals surface area contributed by atoms with Crippen LogP contribution in [0.25, 0.3) is 0 Å². The highest BCUT2D eigenvalue weighted by Crippen LogP contribution is 2.38. The number of hydrogen-bond acceptors (Lipinski definition) is 5. The van der Waals surface area contributed by atoms with Crippen LogP contribution in [0.5, 0.6) is 0 Å². The van der Waals surface area contributed by atoms with Gasteiger partial charge in [-0.25, -0.2) is 4.79 Å². The molecule has 0 saturated heterocycles. The molecule has 0 atom stereocenters. The molecule has 154 valence electrons. The van der Waals surface area contributed by atoms with Crippen LogP contribution >= 0.6 is 35.8 Å². The molecule has 0 unspecified atom stereocenters. The van der Waals surface area contributed by atoms with Crippen molar-refractivity contribution < 1.29 is 9.53 Å². The molecule has 0 radical (unpaired) electrons. The third-order valence-corrected chi connectivity index (χ3v) is 6.74. The van der Waals surface area contributed by atoms with Gasteiger partial charge in [-0.15, -0.1) is 11.3 Å². The third kappa shape index (κ3) is 5.55. The molecule has 0 spiro atoms. The van der Waals surface area contributed by atoms with Crippen molar-refractivity contribution in [2.45, 2.75) is 70.8 Å². The molecule has 28 heavy (non-hydrogen) atoms. The zero-order valence-corrected chi connectivity index (χ0v) is 18.6. The van der Waals surface area contributed by atoms with E-state index in [4.69, 9.17) is 29.2 Å². The fourth-order valence-electron chi connectivity index (χ4n) is 3.79. The highest BCUT2D eigenvalue weighted by molar-refractivity contribution is 7.80. The van der Waals surface area contributed by atoms with E-state index in [1.165, 1.54) is 24.1 Å². The predicted molar refractivity (Wildman–Crippen MR) is 122 cm³/mol. The van der Waals surface area contributed by atoms with Crippen LogP contribution in [0.4, 0.5) is 5.00 Å². The Morgan fingerprint density at radius 1 is 1.07 bits per heavy atom. The van der Waals surface area contributed by atoms with Gasteiger partial charge in [0.1, 0.15) is 5.00 Å². The van der Waals surface area contributed by atoms with Gasteiger partial charge >= 0.3 is 5.97 Å². The average Bonchev–Trinajstić information content (AvgIpc) is 3.05. The number of aryl methyl sites for hydroxylation is 1. The molecule has 2 aliphatic carbocycles. The number of thiocarbonyl (C=S) groups is 2. The van der Waals surface area contributed by atoms with Gasteiger partial charge in [-0.3, -0.25) is 10.9 Å². The van der Waals surface area contributed by atoms with E-state index in [1.54, 1.807) is 11.3 Å². The summed E-state index contributed by atoms with van der Waals surface area (Å²) >= 11 is 12.3. The van der Waals surface area contributed by atoms with E-state index in [1.807, 2.05) is 6.92 Å². The van der Waals surface area contributed by atoms with Crippen LogP contribution in [-0.2, 0) is 17.6 Å². The zero-order valence-electron chi connectivity index (χ0n) is 16.2. The highest BCUT2D eigenvalue weighted by Gasteiger charge is 2.26. The second kappa shape index (κ2) is 10.4. The predicted octanol–water partition coefficient (Wildman–Crippen LogP) is 3.80. The van der Waals surface area contributed by atoms with Gasteiger partial charge in [0.15, 0.2) is 10.2 Å². The van der Waals surface area contributed by atoms with E-state index < -0.39 is 0 Å². The molecule has 2 aliphatic rings. The Morgan fingerprint density at radius 3 is 2.54 bits per heavy atom. The summed E-state index contributed by atoms with van der Waals surface area (Å²) in [5, 5.41) is 8.13. The summed E-state index contributed by atoms with van der Waals surface area (Å²) in [6.45, 7) is 2.18. The SMILES string of the molecule is CCOC(=O)c1c(NC(=S)NNC(=S)NC2CCCCC2)sc2c1CCCC2. The van der Waals surface area contributed by atoms with Crippen molar-refractivity contribution in [1.29, 1.82) is 0 Å². The Hall–Kier alpha value is -1.45. The number of fused-ring (bicyclic) bond motifs is 1. The lowest BCUT2D eigenvalue weighted by molar-refractivity contribution is 0.0526. The third-order valence-electron chi connectivity index (χ3n) is 5.11. The quantitative estimate of drug-likeness (QED) is 0.320. The van der Waals surface area contributed by atoms with Crippen LogP contribution < -0.4 is 21.5 Å². The van der Waals surface area contributed by atoms with Gasteiger partial charge < -0.3 is 15.4 Å². The summed E-state index contributed by atoms with van der Waals surface area (Å²) < 4.78 is 5.27. The number of carbonyl (C=O) groups excluding carboxylic acids is 1. The monoisotopic (exact) mass is 440 g/mol. The van der Waals surface area contributed by atoms with Gasteiger partial charge in [-0.05, 0) is 75.4 Å². The summed E-state index contributed by atoms with van der Waals surface area (Å²) in [5.41, 5.74) is 7.61. The first-order valence-electron chi connectivity index (χ1n) is 10.0. The number of ether oxygens (including phenoxy) is 1. The maximum absolute atomic E-state index is 12.5. The number of hydrazine groups is 1. The number of anilines is 1. The van der Waals surface area contributed by atoms with Crippen molar-refractivity contribution in [1.82, 2.24) is 16.2 Å². The maximum Gasteiger partial charge on any atom is 0.341 e. The molecule has 1 heterocycles. The van der Waals surface area contributed by atoms with Crippen molar-refractivity contribution in [3.63, 3.8) is 0 Å². The van der Waals surface area contributed by atoms with Crippen LogP contribution in [0, 0.1) is 0 Å². The van der Waals surface area contributed by atoms with Crippen LogP contribution in [-0.4, -0.2) is 28.8 Å². The first-order valence-corrected chi connectivity index (χ1v) is 11.7. The van der Waals surface area contributed by atoms with E-state index in [-0.39, 0.29) is 5.97 Å². The van der Waals surface area contributed by atoms with Crippen LogP contribution in [0.1, 0.15) is 72.7 Å². The summed E-state index contributed by atoms with van der Waals surface area (Å²) in [6.07, 6.45) is 10.3. The minimum atomic E-state index is -0.283. The maximum atomic E-state index is 12.5. The van der Waals surface area contributed by atoms with E-state index in [0.29, 0.717) is 28.4 Å². The topological polar surface area (TPSA) is 74.4 Å². The Kier molecular flexibility index (Phi) is 7.87. The second-order valence-corrected chi connectivity index (χ2v) is 9.07. The summed E-state index contributed by atoms with van der Waals surface area (Å²) in [5.74, 6) is -0.283. The molecule has 6 nitrogen and oxygen atoms in total. The van der Waals surface area contributed by atoms with Crippen molar-refractivity contribution in [3.05, 3.63) is 16.0 Å². The molecule has 3 rings (SSSR count). The first-order chi connectivity index (χ1) is 13.6. The standard InChI is InChI=1S/C19H28N4O2S3/c1-2-25-17(24)15-13-10-6-7-11-14(13)28-16(15)21-19(27)23-22-18(26)20-12-8-4-3-5-9-12/h12H,2-11H2,1H3,(H2,20,22,26)(H2,21,23,27). The van der Waals surface area contributed by atoms with Gasteiger partial charge in [-0.2, -0.15) is 0 Å². The van der Waals surface area contributed by atoms with Crippen molar-refractivity contribution in [2.75, 3.05) is 11.9 Å². The lowest BCUT2D eigenvalue weighted by Gasteiger charge is -2.24. The van der Waals surface area contributed by atoms with Crippen LogP contribution in [0.3, 0.4) is 0 Å². The van der Waals surface area contributed by atoms with Gasteiger partial charge in [0.25, 0.3) is 0 Å². The van der Waals surface area contributed by atoms with Gasteiger partial charge in [-0.1, -0.05) is 19.3 Å². The minimum Gasteiger partial charge on any atom is -0.462 e. The summed E-state index contributed by atoms with van der Waals surface area (Å²) in [6, 6.07) is 0.427. The minimum absolute atomic E-state index is 0.283. The smallest absolute Gasteiger partial charge is 0.341 e. The molecule has 1 aromatic heterocycles. The number of rotatable bonds is 4.